The van der Waals surface area contributed by atoms with Crippen molar-refractivity contribution in [2.45, 2.75) is 20.4 Å². The molecule has 1 aromatic carbocycles. The summed E-state index contributed by atoms with van der Waals surface area (Å²) < 4.78 is 12.3. The number of hydrogen-bond donors (Lipinski definition) is 0. The van der Waals surface area contributed by atoms with Gasteiger partial charge in [0, 0.05) is 5.69 Å². The van der Waals surface area contributed by atoms with Crippen LogP contribution in [0, 0.1) is 24.0 Å². The normalized spacial score (nSPS) is 10.4. The number of nitro benzene ring substituents is 1. The summed E-state index contributed by atoms with van der Waals surface area (Å²) in [6.07, 6.45) is 0. The van der Waals surface area contributed by atoms with Crippen LogP contribution in [-0.4, -0.2) is 28.4 Å². The predicted molar refractivity (Wildman–Crippen MR) is 76.8 cm³/mol. The van der Waals surface area contributed by atoms with E-state index in [4.69, 9.17) is 9.47 Å². The van der Waals surface area contributed by atoms with Crippen LogP contribution in [0.3, 0.4) is 0 Å². The Morgan fingerprint density at radius 3 is 2.67 bits per heavy atom. The van der Waals surface area contributed by atoms with E-state index in [1.165, 1.54) is 19.2 Å². The molecule has 0 unspecified atom stereocenters. The molecule has 0 atom stereocenters. The fourth-order valence-corrected chi connectivity index (χ4v) is 2.03. The van der Waals surface area contributed by atoms with Crippen LogP contribution in [0.4, 0.5) is 5.69 Å². The lowest BCUT2D eigenvalue weighted by atomic mass is 10.3. The SMILES string of the molecule is COc1ccc(OCCn2nc(C)cc2C)c([N+](=O)[O-])c1. The second kappa shape index (κ2) is 6.25. The monoisotopic (exact) mass is 291 g/mol. The lowest BCUT2D eigenvalue weighted by Crippen LogP contribution is -2.11. The highest BCUT2D eigenvalue weighted by Crippen LogP contribution is 2.30. The molecule has 0 saturated carbocycles. The Hall–Kier alpha value is -2.57. The van der Waals surface area contributed by atoms with Crippen LogP contribution in [0.5, 0.6) is 11.5 Å². The van der Waals surface area contributed by atoms with E-state index in [-0.39, 0.29) is 11.4 Å². The van der Waals surface area contributed by atoms with Crippen LogP contribution >= 0.6 is 0 Å². The van der Waals surface area contributed by atoms with Gasteiger partial charge >= 0.3 is 5.69 Å². The van der Waals surface area contributed by atoms with Crippen molar-refractivity contribution in [2.24, 2.45) is 0 Å². The van der Waals surface area contributed by atoms with Gasteiger partial charge < -0.3 is 9.47 Å². The van der Waals surface area contributed by atoms with Crippen molar-refractivity contribution in [1.82, 2.24) is 9.78 Å². The third kappa shape index (κ3) is 3.50. The third-order valence-electron chi connectivity index (χ3n) is 3.03. The minimum atomic E-state index is -0.485. The molecule has 7 nitrogen and oxygen atoms in total. The van der Waals surface area contributed by atoms with Gasteiger partial charge in [0.05, 0.1) is 30.3 Å². The maximum Gasteiger partial charge on any atom is 0.314 e. The molecule has 0 aliphatic rings. The van der Waals surface area contributed by atoms with E-state index in [2.05, 4.69) is 5.10 Å². The first-order valence-electron chi connectivity index (χ1n) is 6.47. The highest BCUT2D eigenvalue weighted by Gasteiger charge is 2.16. The molecule has 7 heteroatoms. The Labute approximate surface area is 122 Å². The fourth-order valence-electron chi connectivity index (χ4n) is 2.03. The Morgan fingerprint density at radius 2 is 2.10 bits per heavy atom. The lowest BCUT2D eigenvalue weighted by molar-refractivity contribution is -0.385. The Balaban J connectivity index is 2.06. The van der Waals surface area contributed by atoms with E-state index in [0.717, 1.165) is 11.4 Å². The molecule has 112 valence electrons. The molecule has 0 aliphatic heterocycles. The summed E-state index contributed by atoms with van der Waals surface area (Å²) in [5.41, 5.74) is 1.85. The highest BCUT2D eigenvalue weighted by atomic mass is 16.6. The molecule has 0 fully saturated rings. The number of benzene rings is 1. The zero-order valence-corrected chi connectivity index (χ0v) is 12.2. The summed E-state index contributed by atoms with van der Waals surface area (Å²) in [6, 6.07) is 6.48. The number of ether oxygens (including phenoxy) is 2. The summed E-state index contributed by atoms with van der Waals surface area (Å²) in [4.78, 5) is 10.5. The molecular weight excluding hydrogens is 274 g/mol. The van der Waals surface area contributed by atoms with Gasteiger partial charge in [-0.05, 0) is 32.0 Å². The molecular formula is C14H17N3O4. The highest BCUT2D eigenvalue weighted by molar-refractivity contribution is 5.50. The molecule has 0 radical (unpaired) electrons. The topological polar surface area (TPSA) is 79.4 Å². The minimum Gasteiger partial charge on any atom is -0.496 e. The molecule has 21 heavy (non-hydrogen) atoms. The Kier molecular flexibility index (Phi) is 4.42. The lowest BCUT2D eigenvalue weighted by Gasteiger charge is -2.09. The number of hydrogen-bond acceptors (Lipinski definition) is 5. The molecule has 0 bridgehead atoms. The molecule has 0 saturated heterocycles. The van der Waals surface area contributed by atoms with Crippen LogP contribution in [-0.2, 0) is 6.54 Å². The Bertz CT molecular complexity index is 652. The van der Waals surface area contributed by atoms with Crippen LogP contribution in [0.25, 0.3) is 0 Å². The molecule has 0 amide bonds. The van der Waals surface area contributed by atoms with Gasteiger partial charge in [0.25, 0.3) is 0 Å². The summed E-state index contributed by atoms with van der Waals surface area (Å²) in [6.45, 7) is 4.70. The van der Waals surface area contributed by atoms with E-state index in [1.54, 1.807) is 6.07 Å². The first-order valence-corrected chi connectivity index (χ1v) is 6.47. The van der Waals surface area contributed by atoms with E-state index < -0.39 is 4.92 Å². The van der Waals surface area contributed by atoms with Gasteiger partial charge in [0.1, 0.15) is 12.4 Å². The van der Waals surface area contributed by atoms with Crippen molar-refractivity contribution in [3.8, 4) is 11.5 Å². The van der Waals surface area contributed by atoms with Gasteiger partial charge in [-0.1, -0.05) is 0 Å². The van der Waals surface area contributed by atoms with Crippen LogP contribution in [0.1, 0.15) is 11.4 Å². The van der Waals surface area contributed by atoms with Crippen molar-refractivity contribution in [2.75, 3.05) is 13.7 Å². The average molecular weight is 291 g/mol. The predicted octanol–water partition coefficient (Wildman–Crippen LogP) is 2.50. The van der Waals surface area contributed by atoms with Crippen molar-refractivity contribution in [3.05, 3.63) is 45.8 Å². The van der Waals surface area contributed by atoms with Gasteiger partial charge in [-0.3, -0.25) is 14.8 Å². The summed E-state index contributed by atoms with van der Waals surface area (Å²) in [5, 5.41) is 15.3. The van der Waals surface area contributed by atoms with Crippen LogP contribution in [0.15, 0.2) is 24.3 Å². The first-order chi connectivity index (χ1) is 10.0. The van der Waals surface area contributed by atoms with Crippen molar-refractivity contribution in [3.63, 3.8) is 0 Å². The van der Waals surface area contributed by atoms with Crippen molar-refractivity contribution >= 4 is 5.69 Å². The van der Waals surface area contributed by atoms with Gasteiger partial charge in [0.15, 0.2) is 5.75 Å². The summed E-state index contributed by atoms with van der Waals surface area (Å²) in [7, 11) is 1.46. The molecule has 2 rings (SSSR count). The smallest absolute Gasteiger partial charge is 0.314 e. The molecule has 0 aliphatic carbocycles. The van der Waals surface area contributed by atoms with E-state index >= 15 is 0 Å². The number of aromatic nitrogens is 2. The maximum absolute atomic E-state index is 11.0. The van der Waals surface area contributed by atoms with Crippen molar-refractivity contribution < 1.29 is 14.4 Å². The molecule has 0 spiro atoms. The average Bonchev–Trinajstić information content (AvgIpc) is 2.77. The Morgan fingerprint density at radius 1 is 1.33 bits per heavy atom. The van der Waals surface area contributed by atoms with Gasteiger partial charge in [-0.2, -0.15) is 5.10 Å². The molecule has 2 aromatic rings. The number of aryl methyl sites for hydroxylation is 2. The zero-order valence-electron chi connectivity index (χ0n) is 12.2. The van der Waals surface area contributed by atoms with Crippen LogP contribution < -0.4 is 9.47 Å². The third-order valence-corrected chi connectivity index (χ3v) is 3.03. The van der Waals surface area contributed by atoms with Gasteiger partial charge in [-0.25, -0.2) is 0 Å². The number of nitro groups is 1. The van der Waals surface area contributed by atoms with E-state index in [1.807, 2.05) is 24.6 Å². The van der Waals surface area contributed by atoms with Crippen LogP contribution in [0.2, 0.25) is 0 Å². The second-order valence-electron chi connectivity index (χ2n) is 4.59. The van der Waals surface area contributed by atoms with Crippen molar-refractivity contribution in [1.29, 1.82) is 0 Å². The molecule has 1 aromatic heterocycles. The number of methoxy groups -OCH3 is 1. The molecule has 0 N–H and O–H groups in total. The standard InChI is InChI=1S/C14H17N3O4/c1-10-8-11(2)16(15-10)6-7-21-14-5-4-12(20-3)9-13(14)17(18)19/h4-5,8-9H,6-7H2,1-3H3. The number of nitrogens with zero attached hydrogens (tertiary/aromatic N) is 3. The molecule has 1 heterocycles. The second-order valence-corrected chi connectivity index (χ2v) is 4.59. The fraction of sp³-hybridized carbons (Fsp3) is 0.357. The minimum absolute atomic E-state index is 0.109. The summed E-state index contributed by atoms with van der Waals surface area (Å²) >= 11 is 0. The maximum atomic E-state index is 11.0. The zero-order chi connectivity index (χ0) is 15.4. The largest absolute Gasteiger partial charge is 0.496 e. The van der Waals surface area contributed by atoms with E-state index in [0.29, 0.717) is 18.9 Å². The quantitative estimate of drug-likeness (QED) is 0.603. The van der Waals surface area contributed by atoms with E-state index in [9.17, 15) is 10.1 Å². The summed E-state index contributed by atoms with van der Waals surface area (Å²) in [5.74, 6) is 0.648. The van der Waals surface area contributed by atoms with Gasteiger partial charge in [-0.15, -0.1) is 0 Å². The first kappa shape index (κ1) is 14.8. The number of rotatable bonds is 6. The van der Waals surface area contributed by atoms with Gasteiger partial charge in [0.2, 0.25) is 0 Å².